The van der Waals surface area contributed by atoms with E-state index in [1.165, 1.54) is 34.5 Å². The van der Waals surface area contributed by atoms with Crippen LogP contribution in [0, 0.1) is 5.92 Å². The molecule has 0 N–H and O–H groups in total. The molecular formula is C24H28N2O7S. The lowest BCUT2D eigenvalue weighted by Crippen LogP contribution is -2.41. The minimum Gasteiger partial charge on any atom is -0.465 e. The van der Waals surface area contributed by atoms with Gasteiger partial charge in [-0.25, -0.2) is 13.2 Å². The van der Waals surface area contributed by atoms with Crippen LogP contribution >= 0.6 is 0 Å². The minimum atomic E-state index is -3.94. The van der Waals surface area contributed by atoms with Crippen molar-refractivity contribution in [1.82, 2.24) is 9.21 Å². The summed E-state index contributed by atoms with van der Waals surface area (Å²) in [6, 6.07) is 15.3. The SMILES string of the molecule is COC(=O)c1ccccc1S(=O)(=O)N1CCC(C(=O)OCC(=O)N(C)Cc2ccccc2)CC1. The highest BCUT2D eigenvalue weighted by molar-refractivity contribution is 7.89. The summed E-state index contributed by atoms with van der Waals surface area (Å²) in [4.78, 5) is 38.1. The second kappa shape index (κ2) is 11.3. The molecule has 0 spiro atoms. The number of rotatable bonds is 8. The summed E-state index contributed by atoms with van der Waals surface area (Å²) in [6.07, 6.45) is 0.513. The van der Waals surface area contributed by atoms with Gasteiger partial charge in [0.25, 0.3) is 5.91 Å². The number of piperidine rings is 1. The average molecular weight is 489 g/mol. The molecule has 1 fully saturated rings. The lowest BCUT2D eigenvalue weighted by atomic mass is 9.98. The molecule has 0 aliphatic carbocycles. The number of hydrogen-bond donors (Lipinski definition) is 0. The number of carbonyl (C=O) groups excluding carboxylic acids is 3. The molecule has 2 aromatic carbocycles. The summed E-state index contributed by atoms with van der Waals surface area (Å²) in [5, 5.41) is 0. The molecule has 0 aromatic heterocycles. The number of sulfonamides is 1. The highest BCUT2D eigenvalue weighted by atomic mass is 32.2. The van der Waals surface area contributed by atoms with Gasteiger partial charge in [0, 0.05) is 26.7 Å². The predicted octanol–water partition coefficient (Wildman–Crippen LogP) is 2.08. The number of carbonyl (C=O) groups is 3. The third-order valence-corrected chi connectivity index (χ3v) is 7.68. The zero-order valence-electron chi connectivity index (χ0n) is 19.2. The predicted molar refractivity (Wildman–Crippen MR) is 123 cm³/mol. The van der Waals surface area contributed by atoms with Crippen molar-refractivity contribution in [2.45, 2.75) is 24.3 Å². The van der Waals surface area contributed by atoms with Crippen molar-refractivity contribution in [2.24, 2.45) is 5.92 Å². The van der Waals surface area contributed by atoms with Crippen LogP contribution in [0.3, 0.4) is 0 Å². The lowest BCUT2D eigenvalue weighted by molar-refractivity contribution is -0.156. The molecule has 0 radical (unpaired) electrons. The molecule has 1 saturated heterocycles. The Morgan fingerprint density at radius 1 is 1.00 bits per heavy atom. The summed E-state index contributed by atoms with van der Waals surface area (Å²) < 4.78 is 37.3. The van der Waals surface area contributed by atoms with E-state index in [4.69, 9.17) is 9.47 Å². The first-order valence-corrected chi connectivity index (χ1v) is 12.3. The van der Waals surface area contributed by atoms with E-state index in [0.717, 1.165) is 5.56 Å². The second-order valence-electron chi connectivity index (χ2n) is 8.01. The standard InChI is InChI=1S/C24H28N2O7S/c1-25(16-18-8-4-3-5-9-18)22(27)17-33-23(28)19-12-14-26(15-13-19)34(30,31)21-11-7-6-10-20(21)24(29)32-2/h3-11,19H,12-17H2,1-2H3. The molecule has 1 aliphatic heterocycles. The third-order valence-electron chi connectivity index (χ3n) is 5.72. The fourth-order valence-corrected chi connectivity index (χ4v) is 5.40. The number of methoxy groups -OCH3 is 1. The van der Waals surface area contributed by atoms with E-state index in [0.29, 0.717) is 6.54 Å². The van der Waals surface area contributed by atoms with Crippen LogP contribution in [0.15, 0.2) is 59.5 Å². The van der Waals surface area contributed by atoms with Gasteiger partial charge in [0.2, 0.25) is 10.0 Å². The Hall–Kier alpha value is -3.24. The fraction of sp³-hybridized carbons (Fsp3) is 0.375. The Labute approximate surface area is 199 Å². The van der Waals surface area contributed by atoms with Gasteiger partial charge in [-0.05, 0) is 30.5 Å². The van der Waals surface area contributed by atoms with Crippen LogP contribution < -0.4 is 0 Å². The van der Waals surface area contributed by atoms with Gasteiger partial charge in [-0.3, -0.25) is 9.59 Å². The topological polar surface area (TPSA) is 110 Å². The number of esters is 2. The van der Waals surface area contributed by atoms with Gasteiger partial charge in [-0.15, -0.1) is 0 Å². The molecule has 0 atom stereocenters. The maximum absolute atomic E-state index is 13.1. The first kappa shape index (κ1) is 25.4. The molecule has 10 heteroatoms. The smallest absolute Gasteiger partial charge is 0.339 e. The zero-order valence-corrected chi connectivity index (χ0v) is 20.0. The van der Waals surface area contributed by atoms with Gasteiger partial charge in [0.1, 0.15) is 0 Å². The second-order valence-corrected chi connectivity index (χ2v) is 9.92. The van der Waals surface area contributed by atoms with Crippen LogP contribution in [0.25, 0.3) is 0 Å². The Balaban J connectivity index is 1.53. The molecule has 1 amide bonds. The van der Waals surface area contributed by atoms with Gasteiger partial charge in [-0.1, -0.05) is 42.5 Å². The van der Waals surface area contributed by atoms with E-state index in [1.54, 1.807) is 13.1 Å². The van der Waals surface area contributed by atoms with E-state index in [2.05, 4.69) is 0 Å². The van der Waals surface area contributed by atoms with Crippen LogP contribution in [0.4, 0.5) is 0 Å². The molecule has 0 saturated carbocycles. The lowest BCUT2D eigenvalue weighted by Gasteiger charge is -2.30. The van der Waals surface area contributed by atoms with Crippen molar-refractivity contribution in [3.05, 3.63) is 65.7 Å². The summed E-state index contributed by atoms with van der Waals surface area (Å²) in [7, 11) is -1.12. The van der Waals surface area contributed by atoms with Gasteiger partial charge in [0.05, 0.1) is 23.5 Å². The summed E-state index contributed by atoms with van der Waals surface area (Å²) >= 11 is 0. The molecule has 2 aromatic rings. The van der Waals surface area contributed by atoms with Gasteiger partial charge < -0.3 is 14.4 Å². The maximum atomic E-state index is 13.1. The Morgan fingerprint density at radius 2 is 1.62 bits per heavy atom. The van der Waals surface area contributed by atoms with E-state index in [-0.39, 0.29) is 48.9 Å². The van der Waals surface area contributed by atoms with E-state index >= 15 is 0 Å². The largest absolute Gasteiger partial charge is 0.465 e. The minimum absolute atomic E-state index is 0.0373. The van der Waals surface area contributed by atoms with Crippen LogP contribution in [-0.2, 0) is 35.6 Å². The zero-order chi connectivity index (χ0) is 24.7. The van der Waals surface area contributed by atoms with Crippen LogP contribution in [0.2, 0.25) is 0 Å². The third kappa shape index (κ3) is 6.00. The average Bonchev–Trinajstić information content (AvgIpc) is 2.87. The number of likely N-dealkylation sites (N-methyl/N-ethyl adjacent to an activating group) is 1. The van der Waals surface area contributed by atoms with Gasteiger partial charge in [0.15, 0.2) is 6.61 Å². The number of benzene rings is 2. The van der Waals surface area contributed by atoms with Crippen LogP contribution in [-0.4, -0.2) is 69.3 Å². The van der Waals surface area contributed by atoms with E-state index in [1.807, 2.05) is 30.3 Å². The number of hydrogen-bond acceptors (Lipinski definition) is 7. The van der Waals surface area contributed by atoms with Crippen molar-refractivity contribution in [3.8, 4) is 0 Å². The molecule has 182 valence electrons. The van der Waals surface area contributed by atoms with Crippen molar-refractivity contribution in [3.63, 3.8) is 0 Å². The van der Waals surface area contributed by atoms with Gasteiger partial charge >= 0.3 is 11.9 Å². The Morgan fingerprint density at radius 3 is 2.26 bits per heavy atom. The van der Waals surface area contributed by atoms with E-state index in [9.17, 15) is 22.8 Å². The first-order chi connectivity index (χ1) is 16.2. The van der Waals surface area contributed by atoms with Crippen LogP contribution in [0.1, 0.15) is 28.8 Å². The van der Waals surface area contributed by atoms with E-state index < -0.39 is 27.9 Å². The summed E-state index contributed by atoms with van der Waals surface area (Å²) in [5.74, 6) is -2.08. The molecule has 1 heterocycles. The Kier molecular flexibility index (Phi) is 8.41. The molecule has 3 rings (SSSR count). The molecule has 0 bridgehead atoms. The van der Waals surface area contributed by atoms with Crippen molar-refractivity contribution >= 4 is 27.9 Å². The molecule has 1 aliphatic rings. The number of ether oxygens (including phenoxy) is 2. The monoisotopic (exact) mass is 488 g/mol. The quantitative estimate of drug-likeness (QED) is 0.523. The normalized spacial score (nSPS) is 14.9. The molecule has 0 unspecified atom stereocenters. The fourth-order valence-electron chi connectivity index (χ4n) is 3.75. The van der Waals surface area contributed by atoms with Crippen molar-refractivity contribution in [2.75, 3.05) is 33.9 Å². The first-order valence-electron chi connectivity index (χ1n) is 10.9. The Bertz CT molecular complexity index is 1130. The number of amides is 1. The summed E-state index contributed by atoms with van der Waals surface area (Å²) in [6.45, 7) is 0.229. The molecular weight excluding hydrogens is 460 g/mol. The maximum Gasteiger partial charge on any atom is 0.339 e. The molecule has 9 nitrogen and oxygen atoms in total. The highest BCUT2D eigenvalue weighted by Gasteiger charge is 2.35. The molecule has 34 heavy (non-hydrogen) atoms. The number of nitrogens with zero attached hydrogens (tertiary/aromatic N) is 2. The van der Waals surface area contributed by atoms with Gasteiger partial charge in [-0.2, -0.15) is 4.31 Å². The summed E-state index contributed by atoms with van der Waals surface area (Å²) in [5.41, 5.74) is 0.927. The van der Waals surface area contributed by atoms with Crippen molar-refractivity contribution < 1.29 is 32.3 Å². The van der Waals surface area contributed by atoms with Crippen LogP contribution in [0.5, 0.6) is 0 Å². The highest BCUT2D eigenvalue weighted by Crippen LogP contribution is 2.27. The van der Waals surface area contributed by atoms with Crippen molar-refractivity contribution in [1.29, 1.82) is 0 Å².